The first kappa shape index (κ1) is 23.7. The van der Waals surface area contributed by atoms with Gasteiger partial charge >= 0.3 is 6.03 Å². The van der Waals surface area contributed by atoms with Crippen LogP contribution in [0, 0.1) is 11.6 Å². The normalized spacial score (nSPS) is 14.6. The third-order valence-electron chi connectivity index (χ3n) is 6.09. The van der Waals surface area contributed by atoms with Crippen LogP contribution in [-0.2, 0) is 13.1 Å². The third kappa shape index (κ3) is 6.32. The number of nitrogens with one attached hydrogen (secondary N) is 1. The summed E-state index contributed by atoms with van der Waals surface area (Å²) in [6.07, 6.45) is 1.61. The number of carbonyl (C=O) groups is 1. The molecule has 0 saturated carbocycles. The minimum absolute atomic E-state index is 0.0118. The van der Waals surface area contributed by atoms with Gasteiger partial charge in [-0.1, -0.05) is 36.4 Å². The van der Waals surface area contributed by atoms with Crippen molar-refractivity contribution in [1.29, 1.82) is 0 Å². The maximum atomic E-state index is 14.3. The first-order chi connectivity index (χ1) is 16.5. The number of nitrogens with zero attached hydrogens (tertiary/aromatic N) is 2. The number of amides is 2. The maximum Gasteiger partial charge on any atom is 0.318 e. The predicted octanol–water partition coefficient (Wildman–Crippen LogP) is 5.56. The summed E-state index contributed by atoms with van der Waals surface area (Å²) in [4.78, 5) is 17.1. The molecule has 0 aromatic heterocycles. The summed E-state index contributed by atoms with van der Waals surface area (Å²) in [5, 5.41) is 2.96. The van der Waals surface area contributed by atoms with Gasteiger partial charge in [-0.15, -0.1) is 0 Å². The Morgan fingerprint density at radius 1 is 1.00 bits per heavy atom. The number of hydrogen-bond donors (Lipinski definition) is 1. The number of benzene rings is 3. The molecule has 0 aliphatic carbocycles. The highest BCUT2D eigenvalue weighted by Crippen LogP contribution is 2.22. The first-order valence-electron chi connectivity index (χ1n) is 11.5. The molecule has 0 radical (unpaired) electrons. The van der Waals surface area contributed by atoms with Crippen LogP contribution in [0.5, 0.6) is 11.5 Å². The lowest BCUT2D eigenvalue weighted by Crippen LogP contribution is -2.49. The second kappa shape index (κ2) is 11.1. The van der Waals surface area contributed by atoms with Crippen LogP contribution in [0.3, 0.4) is 0 Å². The minimum atomic E-state index is -0.639. The molecule has 1 fully saturated rings. The van der Waals surface area contributed by atoms with E-state index in [1.807, 2.05) is 61.6 Å². The number of halogens is 2. The molecular weight excluding hydrogens is 436 g/mol. The smallest absolute Gasteiger partial charge is 0.318 e. The average molecular weight is 466 g/mol. The molecule has 0 atom stereocenters. The first-order valence-corrected chi connectivity index (χ1v) is 11.5. The van der Waals surface area contributed by atoms with Crippen molar-refractivity contribution in [3.05, 3.63) is 95.6 Å². The standard InChI is InChI=1S/C27H29F2N3O2/c1-31-15-13-23(14-16-31)32(19-21-9-10-22(28)17-26(21)29)27(33)30-18-20-7-11-25(12-8-20)34-24-5-3-2-4-6-24/h2-12,17,23H,13-16,18-19H2,1H3,(H,30,33). The van der Waals surface area contributed by atoms with E-state index in [9.17, 15) is 13.6 Å². The second-order valence-corrected chi connectivity index (χ2v) is 8.62. The molecule has 1 N–H and O–H groups in total. The van der Waals surface area contributed by atoms with Crippen molar-refractivity contribution >= 4 is 6.03 Å². The molecule has 1 aliphatic rings. The van der Waals surface area contributed by atoms with Gasteiger partial charge in [-0.25, -0.2) is 13.6 Å². The van der Waals surface area contributed by atoms with Crippen molar-refractivity contribution in [2.24, 2.45) is 0 Å². The molecule has 3 aromatic rings. The molecule has 34 heavy (non-hydrogen) atoms. The SMILES string of the molecule is CN1CCC(N(Cc2ccc(F)cc2F)C(=O)NCc2ccc(Oc3ccccc3)cc2)CC1. The van der Waals surface area contributed by atoms with Crippen molar-refractivity contribution in [3.63, 3.8) is 0 Å². The van der Waals surface area contributed by atoms with Gasteiger partial charge in [0.15, 0.2) is 0 Å². The number of piperidine rings is 1. The highest BCUT2D eigenvalue weighted by molar-refractivity contribution is 5.74. The molecular formula is C27H29F2N3O2. The van der Waals surface area contributed by atoms with Crippen molar-refractivity contribution in [2.75, 3.05) is 20.1 Å². The summed E-state index contributed by atoms with van der Waals surface area (Å²) in [6.45, 7) is 2.15. The van der Waals surface area contributed by atoms with E-state index in [4.69, 9.17) is 4.74 Å². The molecule has 1 saturated heterocycles. The Hall–Kier alpha value is -3.45. The molecule has 1 heterocycles. The summed E-state index contributed by atoms with van der Waals surface area (Å²) in [6, 6.07) is 20.3. The molecule has 0 bridgehead atoms. The van der Waals surface area contributed by atoms with Crippen molar-refractivity contribution in [1.82, 2.24) is 15.1 Å². The Morgan fingerprint density at radius 2 is 1.68 bits per heavy atom. The molecule has 0 spiro atoms. The highest BCUT2D eigenvalue weighted by Gasteiger charge is 2.27. The van der Waals surface area contributed by atoms with E-state index in [2.05, 4.69) is 10.2 Å². The van der Waals surface area contributed by atoms with Crippen LogP contribution in [0.25, 0.3) is 0 Å². The van der Waals surface area contributed by atoms with Crippen LogP contribution in [0.15, 0.2) is 72.8 Å². The number of likely N-dealkylation sites (tertiary alicyclic amines) is 1. The fourth-order valence-corrected chi connectivity index (χ4v) is 4.09. The minimum Gasteiger partial charge on any atom is -0.457 e. The highest BCUT2D eigenvalue weighted by atomic mass is 19.1. The maximum absolute atomic E-state index is 14.3. The van der Waals surface area contributed by atoms with E-state index in [0.717, 1.165) is 43.3 Å². The number of hydrogen-bond acceptors (Lipinski definition) is 3. The molecule has 4 rings (SSSR count). The monoisotopic (exact) mass is 465 g/mol. The summed E-state index contributed by atoms with van der Waals surface area (Å²) in [7, 11) is 2.05. The number of ether oxygens (including phenoxy) is 1. The predicted molar refractivity (Wildman–Crippen MR) is 128 cm³/mol. The van der Waals surface area contributed by atoms with Crippen LogP contribution in [0.1, 0.15) is 24.0 Å². The third-order valence-corrected chi connectivity index (χ3v) is 6.09. The van der Waals surface area contributed by atoms with E-state index in [1.54, 1.807) is 4.90 Å². The van der Waals surface area contributed by atoms with Gasteiger partial charge in [-0.3, -0.25) is 0 Å². The topological polar surface area (TPSA) is 44.8 Å². The Balaban J connectivity index is 1.40. The van der Waals surface area contributed by atoms with Crippen molar-refractivity contribution in [3.8, 4) is 11.5 Å². The van der Waals surface area contributed by atoms with E-state index in [1.165, 1.54) is 12.1 Å². The number of para-hydroxylation sites is 1. The number of carbonyl (C=O) groups excluding carboxylic acids is 1. The Kier molecular flexibility index (Phi) is 7.75. The van der Waals surface area contributed by atoms with Gasteiger partial charge in [0, 0.05) is 24.2 Å². The lowest BCUT2D eigenvalue weighted by atomic mass is 10.0. The van der Waals surface area contributed by atoms with Crippen LogP contribution >= 0.6 is 0 Å². The van der Waals surface area contributed by atoms with Gasteiger partial charge in [0.05, 0.1) is 6.54 Å². The van der Waals surface area contributed by atoms with E-state index in [0.29, 0.717) is 17.9 Å². The van der Waals surface area contributed by atoms with Gasteiger partial charge in [-0.05, 0) is 68.9 Å². The zero-order valence-corrected chi connectivity index (χ0v) is 19.2. The van der Waals surface area contributed by atoms with E-state index in [-0.39, 0.29) is 18.6 Å². The fourth-order valence-electron chi connectivity index (χ4n) is 4.09. The van der Waals surface area contributed by atoms with Gasteiger partial charge in [0.25, 0.3) is 0 Å². The molecule has 178 valence electrons. The number of rotatable bonds is 7. The van der Waals surface area contributed by atoms with Gasteiger partial charge in [0.1, 0.15) is 23.1 Å². The zero-order valence-electron chi connectivity index (χ0n) is 19.2. The van der Waals surface area contributed by atoms with Crippen LogP contribution in [-0.4, -0.2) is 42.0 Å². The lowest BCUT2D eigenvalue weighted by Gasteiger charge is -2.37. The van der Waals surface area contributed by atoms with Crippen molar-refractivity contribution in [2.45, 2.75) is 32.0 Å². The molecule has 7 heteroatoms. The van der Waals surface area contributed by atoms with Gasteiger partial charge < -0.3 is 19.9 Å². The summed E-state index contributed by atoms with van der Waals surface area (Å²) >= 11 is 0. The van der Waals surface area contributed by atoms with Crippen molar-refractivity contribution < 1.29 is 18.3 Å². The quantitative estimate of drug-likeness (QED) is 0.497. The zero-order chi connectivity index (χ0) is 23.9. The largest absolute Gasteiger partial charge is 0.457 e. The van der Waals surface area contributed by atoms with Crippen LogP contribution in [0.2, 0.25) is 0 Å². The summed E-state index contributed by atoms with van der Waals surface area (Å²) < 4.78 is 33.5. The Bertz CT molecular complexity index is 1080. The molecule has 0 unspecified atom stereocenters. The molecule has 5 nitrogen and oxygen atoms in total. The molecule has 1 aliphatic heterocycles. The van der Waals surface area contributed by atoms with Gasteiger partial charge in [0.2, 0.25) is 0 Å². The summed E-state index contributed by atoms with van der Waals surface area (Å²) in [5.41, 5.74) is 1.22. The van der Waals surface area contributed by atoms with Gasteiger partial charge in [-0.2, -0.15) is 0 Å². The number of urea groups is 1. The molecule has 3 aromatic carbocycles. The fraction of sp³-hybridized carbons (Fsp3) is 0.296. The lowest BCUT2D eigenvalue weighted by molar-refractivity contribution is 0.126. The Morgan fingerprint density at radius 3 is 2.35 bits per heavy atom. The van der Waals surface area contributed by atoms with E-state index >= 15 is 0 Å². The van der Waals surface area contributed by atoms with Crippen LogP contribution in [0.4, 0.5) is 13.6 Å². The van der Waals surface area contributed by atoms with Crippen LogP contribution < -0.4 is 10.1 Å². The summed E-state index contributed by atoms with van der Waals surface area (Å²) in [5.74, 6) is 0.197. The van der Waals surface area contributed by atoms with E-state index < -0.39 is 11.6 Å². The molecule has 2 amide bonds. The average Bonchev–Trinajstić information content (AvgIpc) is 2.84. The Labute approximate surface area is 198 Å². The second-order valence-electron chi connectivity index (χ2n) is 8.62.